The minimum atomic E-state index is -1.41. The van der Waals surface area contributed by atoms with E-state index in [1.165, 1.54) is 20.8 Å². The number of nitrogens with two attached hydrogens (primary N) is 3. The molecule has 0 aliphatic heterocycles. The Hall–Kier alpha value is -3.55. The predicted octanol–water partition coefficient (Wildman–Crippen LogP) is -1.90. The Kier molecular flexibility index (Phi) is 13.4. The van der Waals surface area contributed by atoms with Crippen molar-refractivity contribution < 1.29 is 29.1 Å². The van der Waals surface area contributed by atoms with Crippen LogP contribution in [0, 0.1) is 0 Å². The second-order valence-corrected chi connectivity index (χ2v) is 9.59. The predicted molar refractivity (Wildman–Crippen MR) is 141 cm³/mol. The summed E-state index contributed by atoms with van der Waals surface area (Å²) < 4.78 is 0. The number of carboxylic acids is 1. The third-order valence-corrected chi connectivity index (χ3v) is 5.81. The third kappa shape index (κ3) is 10.8. The van der Waals surface area contributed by atoms with Crippen molar-refractivity contribution in [3.63, 3.8) is 0 Å². The van der Waals surface area contributed by atoms with Gasteiger partial charge in [0.1, 0.15) is 23.7 Å². The van der Waals surface area contributed by atoms with Gasteiger partial charge in [0.25, 0.3) is 0 Å². The summed E-state index contributed by atoms with van der Waals surface area (Å²) >= 11 is 0. The van der Waals surface area contributed by atoms with Gasteiger partial charge in [0.15, 0.2) is 0 Å². The van der Waals surface area contributed by atoms with Gasteiger partial charge in [-0.2, -0.15) is 0 Å². The topological polar surface area (TPSA) is 232 Å². The number of aliphatic carboxylic acids is 1. The van der Waals surface area contributed by atoms with Crippen molar-refractivity contribution in [1.82, 2.24) is 21.3 Å². The number of carboxylic acid groups (broad SMARTS) is 1. The van der Waals surface area contributed by atoms with Crippen LogP contribution < -0.4 is 38.5 Å². The zero-order valence-electron chi connectivity index (χ0n) is 22.2. The maximum atomic E-state index is 13.1. The lowest BCUT2D eigenvalue weighted by Gasteiger charge is -2.28. The van der Waals surface area contributed by atoms with Gasteiger partial charge >= 0.3 is 5.97 Å². The molecule has 0 fully saturated rings. The molecule has 0 radical (unpaired) electrons. The highest BCUT2D eigenvalue weighted by molar-refractivity contribution is 5.96. The van der Waals surface area contributed by atoms with Crippen molar-refractivity contribution in [3.8, 4) is 0 Å². The van der Waals surface area contributed by atoms with Crippen LogP contribution in [-0.2, 0) is 30.4 Å². The van der Waals surface area contributed by atoms with E-state index < -0.39 is 59.3 Å². The van der Waals surface area contributed by atoms with Gasteiger partial charge in [0.2, 0.25) is 23.6 Å². The quantitative estimate of drug-likeness (QED) is 0.110. The number of carbonyl (C=O) groups excluding carboxylic acids is 4. The van der Waals surface area contributed by atoms with Crippen LogP contribution in [0.15, 0.2) is 30.3 Å². The van der Waals surface area contributed by atoms with E-state index in [4.69, 9.17) is 17.2 Å². The van der Waals surface area contributed by atoms with Gasteiger partial charge in [0, 0.05) is 13.0 Å². The third-order valence-electron chi connectivity index (χ3n) is 5.81. The summed E-state index contributed by atoms with van der Waals surface area (Å²) in [5.41, 5.74) is 15.8. The summed E-state index contributed by atoms with van der Waals surface area (Å²) in [7, 11) is 0. The first-order valence-corrected chi connectivity index (χ1v) is 12.5. The highest BCUT2D eigenvalue weighted by atomic mass is 16.4. The highest BCUT2D eigenvalue weighted by Crippen LogP contribution is 2.08. The molecule has 4 amide bonds. The minimum Gasteiger partial charge on any atom is -0.480 e. The van der Waals surface area contributed by atoms with Crippen LogP contribution in [0.25, 0.3) is 0 Å². The summed E-state index contributed by atoms with van der Waals surface area (Å²) in [5, 5.41) is 19.6. The van der Waals surface area contributed by atoms with E-state index in [0.29, 0.717) is 19.4 Å². The number of amides is 4. The van der Waals surface area contributed by atoms with E-state index in [9.17, 15) is 29.1 Å². The zero-order chi connectivity index (χ0) is 28.9. The molecule has 0 spiro atoms. The van der Waals surface area contributed by atoms with Crippen LogP contribution in [0.3, 0.4) is 0 Å². The minimum absolute atomic E-state index is 0.0900. The molecule has 212 valence electrons. The fraction of sp³-hybridized carbons (Fsp3) is 0.560. The smallest absolute Gasteiger partial charge is 0.326 e. The molecule has 0 heterocycles. The fourth-order valence-corrected chi connectivity index (χ4v) is 3.39. The zero-order valence-corrected chi connectivity index (χ0v) is 22.2. The monoisotopic (exact) mass is 535 g/mol. The fourth-order valence-electron chi connectivity index (χ4n) is 3.39. The standard InChI is InChI=1S/C25H41N7O6/c1-15(29-24(38)25(2,3)32-21(34)17(28)14-27)20(33)31-19(13-16-9-5-4-6-10-16)22(35)30-18(23(36)37)11-7-8-12-26/h4-6,9-10,15,17-19H,7-8,11-14,26-28H2,1-3H3,(H,29,38)(H,30,35)(H,31,33)(H,32,34)(H,36,37)/t15-,17-,18-,19-/m0/s1. The number of hydrogen-bond acceptors (Lipinski definition) is 8. The van der Waals surface area contributed by atoms with Crippen LogP contribution in [0.4, 0.5) is 0 Å². The molecule has 11 N–H and O–H groups in total. The van der Waals surface area contributed by atoms with Crippen molar-refractivity contribution in [2.75, 3.05) is 13.1 Å². The van der Waals surface area contributed by atoms with Gasteiger partial charge in [-0.25, -0.2) is 4.79 Å². The molecule has 1 rings (SSSR count). The molecule has 0 bridgehead atoms. The van der Waals surface area contributed by atoms with Crippen molar-refractivity contribution in [1.29, 1.82) is 0 Å². The normalized spacial score (nSPS) is 14.4. The Morgan fingerprint density at radius 3 is 2.05 bits per heavy atom. The summed E-state index contributed by atoms with van der Waals surface area (Å²) in [6, 6.07) is 4.53. The Bertz CT molecular complexity index is 957. The first kappa shape index (κ1) is 32.5. The van der Waals surface area contributed by atoms with Crippen molar-refractivity contribution in [2.45, 2.75) is 76.2 Å². The van der Waals surface area contributed by atoms with Crippen LogP contribution >= 0.6 is 0 Å². The molecule has 0 aliphatic carbocycles. The van der Waals surface area contributed by atoms with E-state index in [-0.39, 0.29) is 19.4 Å². The van der Waals surface area contributed by atoms with Crippen molar-refractivity contribution in [2.24, 2.45) is 17.2 Å². The van der Waals surface area contributed by atoms with Crippen molar-refractivity contribution in [3.05, 3.63) is 35.9 Å². The van der Waals surface area contributed by atoms with E-state index in [2.05, 4.69) is 21.3 Å². The van der Waals surface area contributed by atoms with Crippen LogP contribution in [-0.4, -0.2) is 77.5 Å². The molecule has 0 saturated heterocycles. The van der Waals surface area contributed by atoms with Gasteiger partial charge in [0.05, 0.1) is 6.04 Å². The molecular formula is C25H41N7O6. The second-order valence-electron chi connectivity index (χ2n) is 9.59. The molecule has 0 aliphatic rings. The lowest BCUT2D eigenvalue weighted by atomic mass is 10.0. The highest BCUT2D eigenvalue weighted by Gasteiger charge is 2.34. The van der Waals surface area contributed by atoms with Crippen LogP contribution in [0.2, 0.25) is 0 Å². The molecule has 1 aromatic carbocycles. The average molecular weight is 536 g/mol. The van der Waals surface area contributed by atoms with Gasteiger partial charge < -0.3 is 43.6 Å². The summed E-state index contributed by atoms with van der Waals surface area (Å²) in [4.78, 5) is 62.5. The lowest BCUT2D eigenvalue weighted by Crippen LogP contribution is -2.62. The van der Waals surface area contributed by atoms with E-state index in [0.717, 1.165) is 5.56 Å². The lowest BCUT2D eigenvalue weighted by molar-refractivity contribution is -0.142. The maximum absolute atomic E-state index is 13.1. The van der Waals surface area contributed by atoms with E-state index >= 15 is 0 Å². The number of rotatable bonds is 16. The van der Waals surface area contributed by atoms with Crippen molar-refractivity contribution >= 4 is 29.6 Å². The molecule has 4 atom stereocenters. The van der Waals surface area contributed by atoms with Gasteiger partial charge in [-0.05, 0) is 52.1 Å². The second kappa shape index (κ2) is 15.6. The van der Waals surface area contributed by atoms with E-state index in [1.807, 2.05) is 0 Å². The summed E-state index contributed by atoms with van der Waals surface area (Å²) in [6.07, 6.45) is 1.39. The largest absolute Gasteiger partial charge is 0.480 e. The van der Waals surface area contributed by atoms with E-state index in [1.54, 1.807) is 30.3 Å². The Morgan fingerprint density at radius 1 is 0.895 bits per heavy atom. The number of hydrogen-bond donors (Lipinski definition) is 8. The number of nitrogens with one attached hydrogen (secondary N) is 4. The molecule has 1 aromatic rings. The van der Waals surface area contributed by atoms with Crippen LogP contribution in [0.1, 0.15) is 45.6 Å². The van der Waals surface area contributed by atoms with Gasteiger partial charge in [-0.1, -0.05) is 30.3 Å². The number of carbonyl (C=O) groups is 5. The first-order chi connectivity index (χ1) is 17.8. The number of benzene rings is 1. The van der Waals surface area contributed by atoms with Crippen LogP contribution in [0.5, 0.6) is 0 Å². The summed E-state index contributed by atoms with van der Waals surface area (Å²) in [5.74, 6) is -3.83. The Balaban J connectivity index is 2.95. The maximum Gasteiger partial charge on any atom is 0.326 e. The van der Waals surface area contributed by atoms with Gasteiger partial charge in [-0.15, -0.1) is 0 Å². The Morgan fingerprint density at radius 2 is 1.50 bits per heavy atom. The molecule has 0 saturated carbocycles. The Labute approximate surface area is 222 Å². The average Bonchev–Trinajstić information content (AvgIpc) is 2.87. The number of unbranched alkanes of at least 4 members (excludes halogenated alkanes) is 1. The molecular weight excluding hydrogens is 494 g/mol. The van der Waals surface area contributed by atoms with Gasteiger partial charge in [-0.3, -0.25) is 19.2 Å². The molecule has 0 unspecified atom stereocenters. The summed E-state index contributed by atoms with van der Waals surface area (Å²) in [6.45, 7) is 4.59. The SMILES string of the molecule is C[C@H](NC(=O)C(C)(C)NC(=O)[C@@H](N)CN)C(=O)N[C@@H](Cc1ccccc1)C(=O)N[C@@H](CCCCN)C(=O)O. The molecule has 38 heavy (non-hydrogen) atoms. The molecule has 13 heteroatoms. The first-order valence-electron chi connectivity index (χ1n) is 12.5. The molecule has 0 aromatic heterocycles. The molecule has 13 nitrogen and oxygen atoms in total.